The minimum absolute atomic E-state index is 0.195. The predicted octanol–water partition coefficient (Wildman–Crippen LogP) is 8.73. The van der Waals surface area contributed by atoms with E-state index in [0.717, 1.165) is 40.8 Å². The van der Waals surface area contributed by atoms with Crippen LogP contribution in [0.3, 0.4) is 0 Å². The van der Waals surface area contributed by atoms with Gasteiger partial charge in [0.05, 0.1) is 5.69 Å². The molecule has 6 heteroatoms. The molecule has 1 aromatic heterocycles. The van der Waals surface area contributed by atoms with Gasteiger partial charge in [-0.1, -0.05) is 97.8 Å². The Morgan fingerprint density at radius 1 is 0.902 bits per heavy atom. The van der Waals surface area contributed by atoms with Crippen molar-refractivity contribution in [3.63, 3.8) is 0 Å². The van der Waals surface area contributed by atoms with Crippen molar-refractivity contribution in [1.29, 1.82) is 0 Å². The Balaban J connectivity index is 1.48. The van der Waals surface area contributed by atoms with Crippen LogP contribution in [0.4, 0.5) is 5.69 Å². The van der Waals surface area contributed by atoms with E-state index in [2.05, 4.69) is 23.3 Å². The van der Waals surface area contributed by atoms with Gasteiger partial charge in [-0.25, -0.2) is 0 Å². The van der Waals surface area contributed by atoms with Gasteiger partial charge in [0.25, 0.3) is 5.91 Å². The van der Waals surface area contributed by atoms with E-state index in [1.165, 1.54) is 0 Å². The van der Waals surface area contributed by atoms with Gasteiger partial charge in [0.2, 0.25) is 5.88 Å². The Labute approximate surface area is 241 Å². The number of hydrogen-bond acceptors (Lipinski definition) is 4. The van der Waals surface area contributed by atoms with Crippen molar-refractivity contribution in [3.05, 3.63) is 114 Å². The van der Waals surface area contributed by atoms with Crippen LogP contribution in [0.1, 0.15) is 37.3 Å². The van der Waals surface area contributed by atoms with Crippen LogP contribution in [0.2, 0.25) is 0 Å². The van der Waals surface area contributed by atoms with E-state index in [1.54, 1.807) is 0 Å². The van der Waals surface area contributed by atoms with Gasteiger partial charge >= 0.3 is 0 Å². The molecular weight excluding hydrogens is 510 g/mol. The largest absolute Gasteiger partial charge is 0.480 e. The van der Waals surface area contributed by atoms with Crippen LogP contribution in [0.15, 0.2) is 103 Å². The average Bonchev–Trinajstić information content (AvgIpc) is 3.41. The van der Waals surface area contributed by atoms with Gasteiger partial charge in [-0.3, -0.25) is 4.79 Å². The van der Waals surface area contributed by atoms with Crippen molar-refractivity contribution in [2.24, 2.45) is 0 Å². The second-order valence-corrected chi connectivity index (χ2v) is 10.1. The number of carbonyl (C=O) groups is 1. The van der Waals surface area contributed by atoms with Crippen molar-refractivity contribution >= 4 is 11.6 Å². The number of unbranched alkanes of at least 4 members (excludes halogenated alkanes) is 1. The number of carbonyl (C=O) groups excluding carboxylic acids is 1. The third-order valence-electron chi connectivity index (χ3n) is 6.84. The molecule has 5 rings (SSSR count). The van der Waals surface area contributed by atoms with E-state index in [-0.39, 0.29) is 5.91 Å². The van der Waals surface area contributed by atoms with Crippen LogP contribution in [0.25, 0.3) is 22.6 Å². The molecule has 0 spiro atoms. The molecule has 0 fully saturated rings. The van der Waals surface area contributed by atoms with Gasteiger partial charge in [-0.15, -0.1) is 0 Å². The molecule has 5 aromatic rings. The molecule has 2 N–H and O–H groups in total. The molecule has 0 bridgehead atoms. The van der Waals surface area contributed by atoms with E-state index < -0.39 is 6.10 Å². The second kappa shape index (κ2) is 13.0. The molecule has 0 saturated heterocycles. The number of anilines is 1. The molecule has 0 aliphatic heterocycles. The van der Waals surface area contributed by atoms with E-state index in [4.69, 9.17) is 14.5 Å². The Hall–Kier alpha value is -4.84. The number of aromatic amines is 1. The predicted molar refractivity (Wildman–Crippen MR) is 164 cm³/mol. The summed E-state index contributed by atoms with van der Waals surface area (Å²) in [7, 11) is 0. The number of aromatic nitrogens is 2. The molecule has 4 aromatic carbocycles. The van der Waals surface area contributed by atoms with Gasteiger partial charge in [0, 0.05) is 11.1 Å². The SMILES string of the molecule is CCCCC(Oc1ccc(C)cc1C)C(=O)Nc1ccccc1-c1[nH]c(-c2ccccc2)nc1Oc1ccccc1. The number of hydrogen-bond donors (Lipinski definition) is 2. The number of aryl methyl sites for hydroxylation is 2. The number of ether oxygens (including phenoxy) is 2. The molecule has 1 unspecified atom stereocenters. The number of nitrogens with zero attached hydrogens (tertiary/aromatic N) is 1. The van der Waals surface area contributed by atoms with Gasteiger partial charge < -0.3 is 19.8 Å². The Kier molecular flexibility index (Phi) is 8.79. The maximum atomic E-state index is 13.7. The van der Waals surface area contributed by atoms with Gasteiger partial charge in [-0.2, -0.15) is 4.98 Å². The summed E-state index contributed by atoms with van der Waals surface area (Å²) < 4.78 is 12.5. The van der Waals surface area contributed by atoms with E-state index in [0.29, 0.717) is 35.3 Å². The van der Waals surface area contributed by atoms with Gasteiger partial charge in [-0.05, 0) is 56.5 Å². The third kappa shape index (κ3) is 6.84. The van der Waals surface area contributed by atoms with Crippen molar-refractivity contribution in [2.75, 3.05) is 5.32 Å². The maximum absolute atomic E-state index is 13.7. The number of benzene rings is 4. The van der Waals surface area contributed by atoms with Gasteiger partial charge in [0.1, 0.15) is 23.0 Å². The molecule has 0 radical (unpaired) electrons. The molecule has 0 saturated carbocycles. The number of para-hydroxylation sites is 2. The number of H-pyrrole nitrogens is 1. The minimum atomic E-state index is -0.633. The summed E-state index contributed by atoms with van der Waals surface area (Å²) in [5.74, 6) is 2.29. The fourth-order valence-corrected chi connectivity index (χ4v) is 4.69. The zero-order valence-electron chi connectivity index (χ0n) is 23.7. The summed E-state index contributed by atoms with van der Waals surface area (Å²) in [4.78, 5) is 21.9. The van der Waals surface area contributed by atoms with Crippen LogP contribution in [-0.2, 0) is 4.79 Å². The lowest BCUT2D eigenvalue weighted by Gasteiger charge is -2.21. The highest BCUT2D eigenvalue weighted by molar-refractivity contribution is 5.98. The molecular formula is C35H35N3O3. The smallest absolute Gasteiger partial charge is 0.265 e. The lowest BCUT2D eigenvalue weighted by molar-refractivity contribution is -0.123. The summed E-state index contributed by atoms with van der Waals surface area (Å²) in [6.07, 6.45) is 1.82. The number of amides is 1. The number of nitrogens with one attached hydrogen (secondary N) is 2. The molecule has 0 aliphatic rings. The van der Waals surface area contributed by atoms with Crippen molar-refractivity contribution in [3.8, 4) is 40.0 Å². The first kappa shape index (κ1) is 27.7. The Morgan fingerprint density at radius 2 is 1.61 bits per heavy atom. The minimum Gasteiger partial charge on any atom is -0.480 e. The van der Waals surface area contributed by atoms with Crippen LogP contribution < -0.4 is 14.8 Å². The molecule has 0 aliphatic carbocycles. The summed E-state index contributed by atoms with van der Waals surface area (Å²) in [6.45, 7) is 6.16. The highest BCUT2D eigenvalue weighted by atomic mass is 16.5. The molecule has 6 nitrogen and oxygen atoms in total. The normalized spacial score (nSPS) is 11.6. The lowest BCUT2D eigenvalue weighted by Crippen LogP contribution is -2.33. The van der Waals surface area contributed by atoms with Crippen LogP contribution in [0.5, 0.6) is 17.4 Å². The quantitative estimate of drug-likeness (QED) is 0.174. The molecule has 208 valence electrons. The molecule has 41 heavy (non-hydrogen) atoms. The first-order valence-electron chi connectivity index (χ1n) is 14.0. The highest BCUT2D eigenvalue weighted by Gasteiger charge is 2.24. The topological polar surface area (TPSA) is 76.2 Å². The molecule has 1 atom stereocenters. The lowest BCUT2D eigenvalue weighted by atomic mass is 10.1. The van der Waals surface area contributed by atoms with Crippen LogP contribution in [-0.4, -0.2) is 22.0 Å². The summed E-state index contributed by atoms with van der Waals surface area (Å²) >= 11 is 0. The van der Waals surface area contributed by atoms with Crippen molar-refractivity contribution in [1.82, 2.24) is 9.97 Å². The maximum Gasteiger partial charge on any atom is 0.265 e. The number of imidazole rings is 1. The fourth-order valence-electron chi connectivity index (χ4n) is 4.69. The Bertz CT molecular complexity index is 1600. The highest BCUT2D eigenvalue weighted by Crippen LogP contribution is 2.38. The summed E-state index contributed by atoms with van der Waals surface area (Å²) in [6, 6.07) is 33.1. The molecule has 1 amide bonds. The van der Waals surface area contributed by atoms with E-state index in [9.17, 15) is 4.79 Å². The third-order valence-corrected chi connectivity index (χ3v) is 6.84. The summed E-state index contributed by atoms with van der Waals surface area (Å²) in [5.41, 5.74) is 5.17. The van der Waals surface area contributed by atoms with Crippen LogP contribution >= 0.6 is 0 Å². The second-order valence-electron chi connectivity index (χ2n) is 10.1. The average molecular weight is 546 g/mol. The number of rotatable bonds is 11. The van der Waals surface area contributed by atoms with Crippen LogP contribution in [0, 0.1) is 13.8 Å². The monoisotopic (exact) mass is 545 g/mol. The fraction of sp³-hybridized carbons (Fsp3) is 0.200. The van der Waals surface area contributed by atoms with Crippen molar-refractivity contribution in [2.45, 2.75) is 46.1 Å². The first-order chi connectivity index (χ1) is 20.0. The Morgan fingerprint density at radius 3 is 2.34 bits per heavy atom. The zero-order valence-corrected chi connectivity index (χ0v) is 23.7. The van der Waals surface area contributed by atoms with E-state index >= 15 is 0 Å². The van der Waals surface area contributed by atoms with Gasteiger partial charge in [0.15, 0.2) is 6.10 Å². The van der Waals surface area contributed by atoms with Crippen molar-refractivity contribution < 1.29 is 14.3 Å². The molecule has 1 heterocycles. The first-order valence-corrected chi connectivity index (χ1v) is 14.0. The zero-order chi connectivity index (χ0) is 28.6. The van der Waals surface area contributed by atoms with E-state index in [1.807, 2.05) is 111 Å². The summed E-state index contributed by atoms with van der Waals surface area (Å²) in [5, 5.41) is 3.14. The standard InChI is InChI=1S/C35H35N3O3/c1-4-5-20-31(41-30-22-21-24(2)23-25(30)3)34(39)36-29-19-13-12-18-28(29)32-35(40-27-16-10-7-11-17-27)38-33(37-32)26-14-8-6-9-15-26/h6-19,21-23,31H,4-5,20H2,1-3H3,(H,36,39)(H,37,38).